The van der Waals surface area contributed by atoms with Crippen molar-refractivity contribution in [2.24, 2.45) is 23.2 Å². The number of ether oxygens (including phenoxy) is 1. The minimum absolute atomic E-state index is 0.0727. The monoisotopic (exact) mass is 359 g/mol. The van der Waals surface area contributed by atoms with Gasteiger partial charge in [-0.05, 0) is 63.2 Å². The van der Waals surface area contributed by atoms with Crippen molar-refractivity contribution in [3.63, 3.8) is 0 Å². The lowest BCUT2D eigenvalue weighted by molar-refractivity contribution is -0.173. The Labute approximate surface area is 149 Å². The van der Waals surface area contributed by atoms with Gasteiger partial charge in [0.15, 0.2) is 0 Å². The fraction of sp³-hybridized carbons (Fsp3) is 0.667. The number of aryl methyl sites for hydroxylation is 1. The number of fused-ring (bicyclic) bond motifs is 1. The number of hydrogen-bond acceptors (Lipinski definition) is 6. The SMILES string of the molecule is Cc1nn2c(=O)cc(COC(=O)C34CC5CC(CC(C5)C3)C4)nc2s1. The molecule has 25 heavy (non-hydrogen) atoms. The van der Waals surface area contributed by atoms with Crippen LogP contribution in [0.15, 0.2) is 10.9 Å². The molecule has 2 aromatic rings. The number of aromatic nitrogens is 3. The molecular weight excluding hydrogens is 338 g/mol. The molecule has 132 valence electrons. The molecule has 0 aromatic carbocycles. The van der Waals surface area contributed by atoms with Crippen molar-refractivity contribution in [2.75, 3.05) is 0 Å². The highest BCUT2D eigenvalue weighted by atomic mass is 32.1. The summed E-state index contributed by atoms with van der Waals surface area (Å²) >= 11 is 1.36. The molecule has 0 N–H and O–H groups in total. The van der Waals surface area contributed by atoms with E-state index in [9.17, 15) is 9.59 Å². The Morgan fingerprint density at radius 3 is 2.56 bits per heavy atom. The summed E-state index contributed by atoms with van der Waals surface area (Å²) in [5.41, 5.74) is 0.0107. The average Bonchev–Trinajstić information content (AvgIpc) is 2.92. The van der Waals surface area contributed by atoms with Crippen LogP contribution in [0.3, 0.4) is 0 Å². The molecule has 2 aromatic heterocycles. The van der Waals surface area contributed by atoms with Gasteiger partial charge in [0.25, 0.3) is 5.56 Å². The van der Waals surface area contributed by atoms with Crippen LogP contribution >= 0.6 is 11.3 Å². The van der Waals surface area contributed by atoms with Gasteiger partial charge in [-0.15, -0.1) is 0 Å². The number of rotatable bonds is 3. The zero-order valence-corrected chi connectivity index (χ0v) is 15.1. The van der Waals surface area contributed by atoms with Crippen molar-refractivity contribution >= 4 is 22.3 Å². The highest BCUT2D eigenvalue weighted by Gasteiger charge is 2.55. The van der Waals surface area contributed by atoms with E-state index in [2.05, 4.69) is 10.1 Å². The van der Waals surface area contributed by atoms with Crippen LogP contribution in [0.2, 0.25) is 0 Å². The van der Waals surface area contributed by atoms with Gasteiger partial charge in [0, 0.05) is 6.07 Å². The predicted octanol–water partition coefficient (Wildman–Crippen LogP) is 2.72. The molecule has 0 amide bonds. The summed E-state index contributed by atoms with van der Waals surface area (Å²) in [5.74, 6) is 2.04. The van der Waals surface area contributed by atoms with Crippen molar-refractivity contribution in [1.82, 2.24) is 14.6 Å². The maximum atomic E-state index is 12.9. The van der Waals surface area contributed by atoms with Gasteiger partial charge in [-0.3, -0.25) is 9.59 Å². The van der Waals surface area contributed by atoms with E-state index in [1.165, 1.54) is 41.2 Å². The highest BCUT2D eigenvalue weighted by molar-refractivity contribution is 7.16. The third kappa shape index (κ3) is 2.51. The Hall–Kier alpha value is -1.76. The van der Waals surface area contributed by atoms with Crippen LogP contribution < -0.4 is 5.56 Å². The quantitative estimate of drug-likeness (QED) is 0.788. The first-order valence-electron chi connectivity index (χ1n) is 9.04. The molecule has 6 nitrogen and oxygen atoms in total. The van der Waals surface area contributed by atoms with Crippen LogP contribution in [0, 0.1) is 30.1 Å². The van der Waals surface area contributed by atoms with E-state index in [0.29, 0.717) is 28.4 Å². The highest BCUT2D eigenvalue weighted by Crippen LogP contribution is 2.60. The van der Waals surface area contributed by atoms with Crippen LogP contribution in [0.1, 0.15) is 49.2 Å². The molecule has 6 rings (SSSR count). The minimum Gasteiger partial charge on any atom is -0.459 e. The molecule has 0 unspecified atom stereocenters. The Bertz CT molecular complexity index is 881. The zero-order chi connectivity index (χ0) is 17.2. The van der Waals surface area contributed by atoms with Gasteiger partial charge in [0.1, 0.15) is 11.6 Å². The van der Waals surface area contributed by atoms with Crippen molar-refractivity contribution < 1.29 is 9.53 Å². The van der Waals surface area contributed by atoms with Gasteiger partial charge in [0.2, 0.25) is 4.96 Å². The van der Waals surface area contributed by atoms with E-state index in [4.69, 9.17) is 4.74 Å². The maximum absolute atomic E-state index is 12.9. The molecule has 7 heteroatoms. The van der Waals surface area contributed by atoms with Crippen molar-refractivity contribution in [1.29, 1.82) is 0 Å². The fourth-order valence-electron chi connectivity index (χ4n) is 5.68. The molecule has 0 spiro atoms. The van der Waals surface area contributed by atoms with Crippen LogP contribution in [-0.2, 0) is 16.1 Å². The summed E-state index contributed by atoms with van der Waals surface area (Å²) in [4.78, 5) is 29.9. The van der Waals surface area contributed by atoms with Gasteiger partial charge in [-0.25, -0.2) is 4.98 Å². The predicted molar refractivity (Wildman–Crippen MR) is 92.3 cm³/mol. The van der Waals surface area contributed by atoms with Crippen molar-refractivity contribution in [2.45, 2.75) is 52.1 Å². The van der Waals surface area contributed by atoms with E-state index >= 15 is 0 Å². The molecule has 4 bridgehead atoms. The molecule has 4 saturated carbocycles. The largest absolute Gasteiger partial charge is 0.459 e. The second-order valence-electron chi connectivity index (χ2n) is 8.18. The van der Waals surface area contributed by atoms with Gasteiger partial charge in [-0.1, -0.05) is 11.3 Å². The second kappa shape index (κ2) is 5.37. The van der Waals surface area contributed by atoms with Gasteiger partial charge in [-0.2, -0.15) is 9.61 Å². The number of carbonyl (C=O) groups is 1. The number of esters is 1. The summed E-state index contributed by atoms with van der Waals surface area (Å²) in [6.07, 6.45) is 6.85. The summed E-state index contributed by atoms with van der Waals surface area (Å²) in [6, 6.07) is 1.42. The van der Waals surface area contributed by atoms with Crippen molar-refractivity contribution in [3.8, 4) is 0 Å². The Kier molecular flexibility index (Phi) is 3.33. The van der Waals surface area contributed by atoms with Crippen LogP contribution in [0.5, 0.6) is 0 Å². The van der Waals surface area contributed by atoms with Crippen LogP contribution in [0.25, 0.3) is 4.96 Å². The van der Waals surface area contributed by atoms with Crippen LogP contribution in [0.4, 0.5) is 0 Å². The maximum Gasteiger partial charge on any atom is 0.312 e. The first kappa shape index (κ1) is 15.5. The standard InChI is InChI=1S/C18H21N3O3S/c1-10-20-21-15(22)5-14(19-17(21)25-10)9-24-16(23)18-6-11-2-12(7-18)4-13(3-11)8-18/h5,11-13H,2-4,6-9H2,1H3. The Morgan fingerprint density at radius 1 is 1.28 bits per heavy atom. The normalized spacial score (nSPS) is 33.1. The number of carbonyl (C=O) groups excluding carboxylic acids is 1. The van der Waals surface area contributed by atoms with Gasteiger partial charge < -0.3 is 4.74 Å². The number of hydrogen-bond donors (Lipinski definition) is 0. The third-order valence-electron chi connectivity index (χ3n) is 6.22. The van der Waals surface area contributed by atoms with Crippen molar-refractivity contribution in [3.05, 3.63) is 27.1 Å². The molecule has 2 heterocycles. The molecule has 0 radical (unpaired) electrons. The first-order valence-corrected chi connectivity index (χ1v) is 9.86. The van der Waals surface area contributed by atoms with Gasteiger partial charge >= 0.3 is 5.97 Å². The topological polar surface area (TPSA) is 73.6 Å². The van der Waals surface area contributed by atoms with E-state index in [0.717, 1.165) is 24.3 Å². The molecule has 4 fully saturated rings. The summed E-state index contributed by atoms with van der Waals surface area (Å²) < 4.78 is 6.95. The lowest BCUT2D eigenvalue weighted by atomic mass is 9.49. The lowest BCUT2D eigenvalue weighted by Gasteiger charge is -2.55. The molecule has 0 saturated heterocycles. The third-order valence-corrected chi connectivity index (χ3v) is 7.05. The summed E-state index contributed by atoms with van der Waals surface area (Å²) in [6.45, 7) is 1.91. The van der Waals surface area contributed by atoms with E-state index < -0.39 is 0 Å². The summed E-state index contributed by atoms with van der Waals surface area (Å²) in [7, 11) is 0. The van der Waals surface area contributed by atoms with E-state index in [1.54, 1.807) is 0 Å². The van der Waals surface area contributed by atoms with E-state index in [1.807, 2.05) is 6.92 Å². The Morgan fingerprint density at radius 2 is 1.92 bits per heavy atom. The second-order valence-corrected chi connectivity index (χ2v) is 9.34. The minimum atomic E-state index is -0.269. The Balaban J connectivity index is 1.34. The lowest BCUT2D eigenvalue weighted by Crippen LogP contribution is -2.50. The first-order chi connectivity index (χ1) is 12.0. The zero-order valence-electron chi connectivity index (χ0n) is 14.2. The van der Waals surface area contributed by atoms with E-state index in [-0.39, 0.29) is 23.6 Å². The molecule has 4 aliphatic rings. The molecular formula is C18H21N3O3S. The molecule has 0 atom stereocenters. The summed E-state index contributed by atoms with van der Waals surface area (Å²) in [5, 5.41) is 4.91. The van der Waals surface area contributed by atoms with Gasteiger partial charge in [0.05, 0.1) is 11.1 Å². The fourth-order valence-corrected chi connectivity index (χ4v) is 6.45. The smallest absolute Gasteiger partial charge is 0.312 e. The molecule has 4 aliphatic carbocycles. The van der Waals surface area contributed by atoms with Crippen LogP contribution in [-0.4, -0.2) is 20.6 Å². The number of nitrogens with zero attached hydrogens (tertiary/aromatic N) is 3. The average molecular weight is 359 g/mol. The molecule has 0 aliphatic heterocycles.